The molecule has 3 heterocycles. The number of morpholine rings is 1. The second kappa shape index (κ2) is 7.14. The third-order valence-electron chi connectivity index (χ3n) is 4.04. The summed E-state index contributed by atoms with van der Waals surface area (Å²) in [5.41, 5.74) is 1.10. The van der Waals surface area contributed by atoms with Gasteiger partial charge in [0.1, 0.15) is 4.21 Å². The molecule has 1 N–H and O–H groups in total. The van der Waals surface area contributed by atoms with Gasteiger partial charge in [-0.05, 0) is 23.6 Å². The first kappa shape index (κ1) is 16.7. The number of thiophene rings is 1. The Balaban J connectivity index is 1.78. The summed E-state index contributed by atoms with van der Waals surface area (Å²) < 4.78 is 35.3. The Kier molecular flexibility index (Phi) is 5.17. The maximum atomic E-state index is 12.4. The van der Waals surface area contributed by atoms with Gasteiger partial charge in [0.2, 0.25) is 10.0 Å². The van der Waals surface area contributed by atoms with E-state index in [9.17, 15) is 8.42 Å². The van der Waals surface area contributed by atoms with Crippen LogP contribution in [0.5, 0.6) is 0 Å². The first-order chi connectivity index (χ1) is 11.1. The van der Waals surface area contributed by atoms with Crippen molar-refractivity contribution in [3.05, 3.63) is 41.5 Å². The Morgan fingerprint density at radius 1 is 1.30 bits per heavy atom. The SMILES string of the molecule is Cn1cccc1[C@@H](CNS(=O)(=O)c1cccs1)N1CCOCC1. The molecule has 2 aromatic heterocycles. The van der Waals surface area contributed by atoms with Gasteiger partial charge in [-0.15, -0.1) is 11.3 Å². The minimum absolute atomic E-state index is 0.00589. The highest BCUT2D eigenvalue weighted by Crippen LogP contribution is 2.23. The first-order valence-electron chi connectivity index (χ1n) is 7.54. The number of nitrogens with one attached hydrogen (secondary N) is 1. The lowest BCUT2D eigenvalue weighted by atomic mass is 10.1. The molecule has 0 bridgehead atoms. The van der Waals surface area contributed by atoms with Crippen LogP contribution in [0.4, 0.5) is 0 Å². The maximum absolute atomic E-state index is 12.4. The molecule has 0 aliphatic carbocycles. The van der Waals surface area contributed by atoms with Gasteiger partial charge < -0.3 is 9.30 Å². The number of aromatic nitrogens is 1. The minimum atomic E-state index is -3.45. The van der Waals surface area contributed by atoms with Crippen LogP contribution in [0.3, 0.4) is 0 Å². The van der Waals surface area contributed by atoms with E-state index in [2.05, 4.69) is 9.62 Å². The van der Waals surface area contributed by atoms with E-state index in [1.807, 2.05) is 29.9 Å². The number of ether oxygens (including phenoxy) is 1. The summed E-state index contributed by atoms with van der Waals surface area (Å²) in [6, 6.07) is 7.39. The first-order valence-corrected chi connectivity index (χ1v) is 9.90. The molecule has 0 unspecified atom stereocenters. The van der Waals surface area contributed by atoms with Gasteiger partial charge in [0.15, 0.2) is 0 Å². The highest BCUT2D eigenvalue weighted by atomic mass is 32.2. The minimum Gasteiger partial charge on any atom is -0.379 e. The van der Waals surface area contributed by atoms with Crippen LogP contribution < -0.4 is 4.72 Å². The average Bonchev–Trinajstić information content (AvgIpc) is 3.21. The van der Waals surface area contributed by atoms with Crippen molar-refractivity contribution >= 4 is 21.4 Å². The highest BCUT2D eigenvalue weighted by Gasteiger charge is 2.26. The Hall–Kier alpha value is -1.19. The summed E-state index contributed by atoms with van der Waals surface area (Å²) in [6.45, 7) is 3.31. The summed E-state index contributed by atoms with van der Waals surface area (Å²) in [4.78, 5) is 2.27. The van der Waals surface area contributed by atoms with Gasteiger partial charge in [0, 0.05) is 38.6 Å². The van der Waals surface area contributed by atoms with Crippen LogP contribution in [0.25, 0.3) is 0 Å². The summed E-state index contributed by atoms with van der Waals surface area (Å²) in [7, 11) is -1.47. The quantitative estimate of drug-likeness (QED) is 0.852. The van der Waals surface area contributed by atoms with E-state index in [-0.39, 0.29) is 6.04 Å². The zero-order valence-corrected chi connectivity index (χ0v) is 14.6. The van der Waals surface area contributed by atoms with E-state index in [1.54, 1.807) is 17.5 Å². The summed E-state index contributed by atoms with van der Waals surface area (Å²) in [5, 5.41) is 1.77. The Labute approximate surface area is 140 Å². The van der Waals surface area contributed by atoms with Gasteiger partial charge in [-0.2, -0.15) is 0 Å². The lowest BCUT2D eigenvalue weighted by molar-refractivity contribution is 0.0158. The number of hydrogen-bond acceptors (Lipinski definition) is 5. The number of rotatable bonds is 6. The van der Waals surface area contributed by atoms with Gasteiger partial charge in [-0.25, -0.2) is 13.1 Å². The number of nitrogens with zero attached hydrogens (tertiary/aromatic N) is 2. The summed E-state index contributed by atoms with van der Waals surface area (Å²) in [6.07, 6.45) is 1.98. The molecule has 1 saturated heterocycles. The molecule has 2 aromatic rings. The largest absolute Gasteiger partial charge is 0.379 e. The molecule has 1 atom stereocenters. The van der Waals surface area contributed by atoms with E-state index in [0.717, 1.165) is 18.8 Å². The average molecular weight is 355 g/mol. The fourth-order valence-electron chi connectivity index (χ4n) is 2.81. The van der Waals surface area contributed by atoms with Crippen LogP contribution in [-0.4, -0.2) is 50.7 Å². The van der Waals surface area contributed by atoms with Crippen molar-refractivity contribution in [3.8, 4) is 0 Å². The van der Waals surface area contributed by atoms with Crippen molar-refractivity contribution in [2.24, 2.45) is 7.05 Å². The Bertz CT molecular complexity index is 719. The van der Waals surface area contributed by atoms with E-state index in [0.29, 0.717) is 24.0 Å². The molecule has 1 fully saturated rings. The van der Waals surface area contributed by atoms with Crippen LogP contribution in [0.2, 0.25) is 0 Å². The van der Waals surface area contributed by atoms with E-state index >= 15 is 0 Å². The van der Waals surface area contributed by atoms with Crippen molar-refractivity contribution < 1.29 is 13.2 Å². The molecule has 3 rings (SSSR count). The third kappa shape index (κ3) is 3.84. The third-order valence-corrected chi connectivity index (χ3v) is 6.86. The molecule has 6 nitrogen and oxygen atoms in total. The Morgan fingerprint density at radius 2 is 2.09 bits per heavy atom. The second-order valence-electron chi connectivity index (χ2n) is 5.49. The maximum Gasteiger partial charge on any atom is 0.250 e. The molecule has 0 radical (unpaired) electrons. The topological polar surface area (TPSA) is 63.6 Å². The van der Waals surface area contributed by atoms with E-state index < -0.39 is 10.0 Å². The van der Waals surface area contributed by atoms with Crippen LogP contribution in [0.1, 0.15) is 11.7 Å². The predicted molar refractivity (Wildman–Crippen MR) is 90.1 cm³/mol. The molecule has 1 aliphatic heterocycles. The van der Waals surface area contributed by atoms with Gasteiger partial charge >= 0.3 is 0 Å². The van der Waals surface area contributed by atoms with E-state index in [4.69, 9.17) is 4.74 Å². The molecule has 23 heavy (non-hydrogen) atoms. The van der Waals surface area contributed by atoms with Crippen molar-refractivity contribution in [2.45, 2.75) is 10.3 Å². The predicted octanol–water partition coefficient (Wildman–Crippen LogP) is 1.44. The molecule has 126 valence electrons. The monoisotopic (exact) mass is 355 g/mol. The summed E-state index contributed by atoms with van der Waals surface area (Å²) >= 11 is 1.23. The van der Waals surface area contributed by atoms with Crippen LogP contribution >= 0.6 is 11.3 Å². The fourth-order valence-corrected chi connectivity index (χ4v) is 4.88. The standard InChI is InChI=1S/C15H21N3O3S2/c1-17-6-2-4-13(17)14(18-7-9-21-10-8-18)12-16-23(19,20)15-5-3-11-22-15/h2-6,11,14,16H,7-10,12H2,1H3/t14-/m1/s1. The van der Waals surface area contributed by atoms with Crippen LogP contribution in [-0.2, 0) is 21.8 Å². The Morgan fingerprint density at radius 3 is 2.70 bits per heavy atom. The molecule has 0 aromatic carbocycles. The number of aryl methyl sites for hydroxylation is 1. The molecule has 8 heteroatoms. The van der Waals surface area contributed by atoms with Crippen LogP contribution in [0.15, 0.2) is 40.1 Å². The molecular formula is C15H21N3O3S2. The number of hydrogen-bond donors (Lipinski definition) is 1. The molecule has 0 saturated carbocycles. The number of sulfonamides is 1. The zero-order valence-electron chi connectivity index (χ0n) is 13.0. The highest BCUT2D eigenvalue weighted by molar-refractivity contribution is 7.91. The van der Waals surface area contributed by atoms with Crippen LogP contribution in [0, 0.1) is 0 Å². The normalized spacial score (nSPS) is 18.1. The molecular weight excluding hydrogens is 334 g/mol. The zero-order chi connectivity index (χ0) is 16.3. The lowest BCUT2D eigenvalue weighted by Gasteiger charge is -2.34. The van der Waals surface area contributed by atoms with Gasteiger partial charge in [0.25, 0.3) is 0 Å². The van der Waals surface area contributed by atoms with Crippen molar-refractivity contribution in [1.29, 1.82) is 0 Å². The van der Waals surface area contributed by atoms with Crippen molar-refractivity contribution in [2.75, 3.05) is 32.8 Å². The molecule has 0 spiro atoms. The second-order valence-corrected chi connectivity index (χ2v) is 8.43. The lowest BCUT2D eigenvalue weighted by Crippen LogP contribution is -2.44. The van der Waals surface area contributed by atoms with Crippen molar-refractivity contribution in [1.82, 2.24) is 14.2 Å². The summed E-state index contributed by atoms with van der Waals surface area (Å²) in [5.74, 6) is 0. The molecule has 0 amide bonds. The van der Waals surface area contributed by atoms with E-state index in [1.165, 1.54) is 11.3 Å². The van der Waals surface area contributed by atoms with Crippen molar-refractivity contribution in [3.63, 3.8) is 0 Å². The van der Waals surface area contributed by atoms with Gasteiger partial charge in [0.05, 0.1) is 19.3 Å². The fraction of sp³-hybridized carbons (Fsp3) is 0.467. The van der Waals surface area contributed by atoms with Gasteiger partial charge in [-0.3, -0.25) is 4.90 Å². The molecule has 1 aliphatic rings. The smallest absolute Gasteiger partial charge is 0.250 e. The van der Waals surface area contributed by atoms with Gasteiger partial charge in [-0.1, -0.05) is 6.07 Å².